The summed E-state index contributed by atoms with van der Waals surface area (Å²) in [6, 6.07) is 19.0. The van der Waals surface area contributed by atoms with Crippen LogP contribution >= 0.6 is 11.8 Å². The van der Waals surface area contributed by atoms with Gasteiger partial charge in [0.15, 0.2) is 0 Å². The molecule has 15 heteroatoms. The van der Waals surface area contributed by atoms with Crippen molar-refractivity contribution in [3.8, 4) is 17.0 Å². The average molecular weight is 844 g/mol. The smallest absolute Gasteiger partial charge is 0.255 e. The van der Waals surface area contributed by atoms with Crippen molar-refractivity contribution in [3.63, 3.8) is 0 Å². The zero-order valence-corrected chi connectivity index (χ0v) is 36.0. The standard InChI is InChI=1S/C46H53N9O5S/c1-6-42(56)48-35-26-36(50-46-47-21-20-34(49-46)32-28-54(4)37-16-10-9-14-30(32)37)40(60-5)27-39(35)53(3)24-23-52(2)22-11-7-8-12-25-61-41-17-13-15-31-33(41)29-55(45(31)59)38-18-19-43(57)51-44(38)58/h6,9-10,13-17,20-21,26-28,38H,1,7-8,11-12,18-19,22-25,29H2,2-5H3,(H,48,56)(H,47,49,50)(H,51,57,58). The maximum atomic E-state index is 13.2. The number of rotatable bonds is 19. The zero-order valence-electron chi connectivity index (χ0n) is 35.2. The molecule has 61 heavy (non-hydrogen) atoms. The van der Waals surface area contributed by atoms with Crippen molar-refractivity contribution in [3.05, 3.63) is 96.8 Å². The van der Waals surface area contributed by atoms with Crippen LogP contribution in [-0.2, 0) is 28.0 Å². The summed E-state index contributed by atoms with van der Waals surface area (Å²) >= 11 is 1.76. The summed E-state index contributed by atoms with van der Waals surface area (Å²) in [5, 5.41) is 9.77. The molecule has 7 rings (SSSR count). The molecule has 2 aliphatic rings. The molecule has 1 unspecified atom stereocenters. The molecule has 14 nitrogen and oxygen atoms in total. The topological polar surface area (TPSA) is 154 Å². The van der Waals surface area contributed by atoms with Gasteiger partial charge in [-0.1, -0.05) is 43.7 Å². The highest BCUT2D eigenvalue weighted by atomic mass is 32.2. The SMILES string of the molecule is C=CC(=O)Nc1cc(Nc2nccc(-c3cn(C)c4ccccc34)n2)c(OC)cc1N(C)CCN(C)CCCCCCSc1cccc2c1CN(C1CCC(=O)NC1=O)C2=O. The van der Waals surface area contributed by atoms with Crippen LogP contribution in [0.5, 0.6) is 5.75 Å². The summed E-state index contributed by atoms with van der Waals surface area (Å²) in [4.78, 5) is 66.4. The van der Waals surface area contributed by atoms with Gasteiger partial charge in [0.1, 0.15) is 11.8 Å². The third-order valence-corrected chi connectivity index (χ3v) is 12.5. The van der Waals surface area contributed by atoms with Gasteiger partial charge in [-0.3, -0.25) is 24.5 Å². The van der Waals surface area contributed by atoms with E-state index in [1.807, 2.05) is 56.6 Å². The number of nitrogens with zero attached hydrogens (tertiary/aromatic N) is 6. The van der Waals surface area contributed by atoms with Crippen molar-refractivity contribution in [1.29, 1.82) is 0 Å². The van der Waals surface area contributed by atoms with Gasteiger partial charge in [0, 0.05) is 85.5 Å². The van der Waals surface area contributed by atoms with Gasteiger partial charge in [0.05, 0.1) is 29.9 Å². The molecule has 4 amide bonds. The number of benzene rings is 3. The van der Waals surface area contributed by atoms with E-state index in [-0.39, 0.29) is 30.0 Å². The minimum atomic E-state index is -0.609. The maximum absolute atomic E-state index is 13.2. The largest absolute Gasteiger partial charge is 0.494 e. The molecule has 5 aromatic rings. The van der Waals surface area contributed by atoms with Crippen molar-refractivity contribution >= 4 is 69.3 Å². The number of para-hydroxylation sites is 1. The minimum absolute atomic E-state index is 0.140. The fourth-order valence-corrected chi connectivity index (χ4v) is 9.03. The van der Waals surface area contributed by atoms with Gasteiger partial charge in [-0.2, -0.15) is 0 Å². The Morgan fingerprint density at radius 1 is 1.00 bits per heavy atom. The molecule has 1 saturated heterocycles. The fourth-order valence-electron chi connectivity index (χ4n) is 7.94. The van der Waals surface area contributed by atoms with Gasteiger partial charge in [-0.15, -0.1) is 11.8 Å². The van der Waals surface area contributed by atoms with Crippen LogP contribution in [0.3, 0.4) is 0 Å². The molecule has 2 aliphatic heterocycles. The summed E-state index contributed by atoms with van der Waals surface area (Å²) in [5.41, 5.74) is 6.51. The molecule has 3 aromatic carbocycles. The van der Waals surface area contributed by atoms with Crippen LogP contribution in [0.1, 0.15) is 54.4 Å². The number of hydrogen-bond donors (Lipinski definition) is 3. The number of aryl methyl sites for hydroxylation is 1. The molecule has 0 saturated carbocycles. The fraction of sp³-hybridized carbons (Fsp3) is 0.348. The van der Waals surface area contributed by atoms with Crippen molar-refractivity contribution in [2.75, 3.05) is 62.1 Å². The second-order valence-electron chi connectivity index (χ2n) is 15.5. The first kappa shape index (κ1) is 42.9. The van der Waals surface area contributed by atoms with E-state index in [1.54, 1.807) is 30.0 Å². The third-order valence-electron chi connectivity index (χ3n) is 11.3. The van der Waals surface area contributed by atoms with E-state index in [0.29, 0.717) is 48.1 Å². The molecular formula is C46H53N9O5S. The van der Waals surface area contributed by atoms with Gasteiger partial charge in [-0.05, 0) is 80.6 Å². The third kappa shape index (κ3) is 9.90. The highest BCUT2D eigenvalue weighted by Crippen LogP contribution is 2.39. The van der Waals surface area contributed by atoms with Crippen LogP contribution in [0, 0.1) is 0 Å². The first-order valence-electron chi connectivity index (χ1n) is 20.6. The number of unbranched alkanes of at least 4 members (excludes halogenated alkanes) is 3. The summed E-state index contributed by atoms with van der Waals surface area (Å²) in [5.74, 6) is 0.767. The van der Waals surface area contributed by atoms with Crippen LogP contribution in [0.2, 0.25) is 0 Å². The Morgan fingerprint density at radius 3 is 2.62 bits per heavy atom. The summed E-state index contributed by atoms with van der Waals surface area (Å²) in [6.45, 7) is 6.52. The lowest BCUT2D eigenvalue weighted by atomic mass is 10.0. The van der Waals surface area contributed by atoms with Crippen LogP contribution < -0.4 is 25.6 Å². The number of hydrogen-bond acceptors (Lipinski definition) is 11. The molecule has 2 aromatic heterocycles. The number of nitrogens with one attached hydrogen (secondary N) is 3. The molecular weight excluding hydrogens is 791 g/mol. The Morgan fingerprint density at radius 2 is 1.82 bits per heavy atom. The van der Waals surface area contributed by atoms with Gasteiger partial charge >= 0.3 is 0 Å². The number of fused-ring (bicyclic) bond motifs is 2. The Bertz CT molecular complexity index is 2450. The van der Waals surface area contributed by atoms with Crippen molar-refractivity contribution < 1.29 is 23.9 Å². The molecule has 0 aliphatic carbocycles. The van der Waals surface area contributed by atoms with E-state index in [0.717, 1.165) is 82.8 Å². The molecule has 1 fully saturated rings. The highest BCUT2D eigenvalue weighted by molar-refractivity contribution is 7.99. The number of carbonyl (C=O) groups is 4. The number of methoxy groups -OCH3 is 1. The van der Waals surface area contributed by atoms with E-state index in [4.69, 9.17) is 9.72 Å². The summed E-state index contributed by atoms with van der Waals surface area (Å²) < 4.78 is 7.92. The summed E-state index contributed by atoms with van der Waals surface area (Å²) in [6.07, 6.45) is 9.97. The second-order valence-corrected chi connectivity index (χ2v) is 16.6. The number of piperidine rings is 1. The van der Waals surface area contributed by atoms with Crippen LogP contribution in [-0.4, -0.2) is 101 Å². The Kier molecular flexibility index (Phi) is 13.7. The molecule has 4 heterocycles. The Labute approximate surface area is 360 Å². The van der Waals surface area contributed by atoms with Gasteiger partial charge < -0.3 is 34.6 Å². The first-order valence-corrected chi connectivity index (χ1v) is 21.6. The Balaban J connectivity index is 0.894. The molecule has 0 radical (unpaired) electrons. The Hall–Kier alpha value is -6.19. The van der Waals surface area contributed by atoms with Crippen molar-refractivity contribution in [2.45, 2.75) is 56.0 Å². The molecule has 0 spiro atoms. The highest BCUT2D eigenvalue weighted by Gasteiger charge is 2.39. The number of ether oxygens (including phenoxy) is 1. The summed E-state index contributed by atoms with van der Waals surface area (Å²) in [7, 11) is 7.75. The monoisotopic (exact) mass is 843 g/mol. The maximum Gasteiger partial charge on any atom is 0.255 e. The predicted octanol–water partition coefficient (Wildman–Crippen LogP) is 6.99. The van der Waals surface area contributed by atoms with Crippen molar-refractivity contribution in [1.82, 2.24) is 29.7 Å². The molecule has 3 N–H and O–H groups in total. The molecule has 0 bridgehead atoms. The lowest BCUT2D eigenvalue weighted by molar-refractivity contribution is -0.137. The van der Waals surface area contributed by atoms with Crippen LogP contribution in [0.4, 0.5) is 23.0 Å². The number of anilines is 4. The number of thioether (sulfide) groups is 1. The molecule has 318 valence electrons. The minimum Gasteiger partial charge on any atom is -0.494 e. The second kappa shape index (κ2) is 19.5. The lowest BCUT2D eigenvalue weighted by Crippen LogP contribution is -2.52. The number of likely N-dealkylation sites (N-methyl/N-ethyl adjacent to an activating group) is 2. The number of imide groups is 1. The van der Waals surface area contributed by atoms with E-state index >= 15 is 0 Å². The van der Waals surface area contributed by atoms with Gasteiger partial charge in [0.2, 0.25) is 23.7 Å². The first-order chi connectivity index (χ1) is 29.5. The normalized spacial score (nSPS) is 14.9. The average Bonchev–Trinajstić information content (AvgIpc) is 3.78. The van der Waals surface area contributed by atoms with E-state index < -0.39 is 6.04 Å². The van der Waals surface area contributed by atoms with Crippen LogP contribution in [0.25, 0.3) is 22.2 Å². The zero-order chi connectivity index (χ0) is 43.0. The van der Waals surface area contributed by atoms with Gasteiger partial charge in [0.25, 0.3) is 5.91 Å². The van der Waals surface area contributed by atoms with E-state index in [9.17, 15) is 19.2 Å². The van der Waals surface area contributed by atoms with Gasteiger partial charge in [-0.25, -0.2) is 9.97 Å². The number of carbonyl (C=O) groups excluding carboxylic acids is 4. The van der Waals surface area contributed by atoms with Crippen LogP contribution in [0.15, 0.2) is 90.6 Å². The number of amides is 4. The van der Waals surface area contributed by atoms with Crippen molar-refractivity contribution in [2.24, 2.45) is 7.05 Å². The van der Waals surface area contributed by atoms with E-state index in [2.05, 4.69) is 73.3 Å². The predicted molar refractivity (Wildman–Crippen MR) is 241 cm³/mol. The van der Waals surface area contributed by atoms with E-state index in [1.165, 1.54) is 6.08 Å². The molecule has 1 atom stereocenters. The number of aromatic nitrogens is 3. The lowest BCUT2D eigenvalue weighted by Gasteiger charge is -2.29. The quantitative estimate of drug-likeness (QED) is 0.0341.